The molecule has 0 unspecified atom stereocenters. The van der Waals surface area contributed by atoms with Crippen molar-refractivity contribution in [3.05, 3.63) is 10.5 Å². The summed E-state index contributed by atoms with van der Waals surface area (Å²) < 4.78 is 0. The average molecular weight is 222 g/mol. The van der Waals surface area contributed by atoms with Crippen LogP contribution in [0.3, 0.4) is 0 Å². The average Bonchev–Trinajstić information content (AvgIpc) is 2.31. The summed E-state index contributed by atoms with van der Waals surface area (Å²) >= 11 is 6.02. The summed E-state index contributed by atoms with van der Waals surface area (Å²) in [5, 5.41) is 7.95. The molecule has 0 aromatic carbocycles. The van der Waals surface area contributed by atoms with Crippen LogP contribution in [0.4, 0.5) is 4.79 Å². The Balaban J connectivity index is 0.000000310. The molecule has 0 aliphatic carbocycles. The van der Waals surface area contributed by atoms with Gasteiger partial charge < -0.3 is 5.73 Å². The zero-order valence-electron chi connectivity index (χ0n) is 7.74. The minimum Gasteiger partial charge on any atom is -0.356 e. The van der Waals surface area contributed by atoms with E-state index in [0.29, 0.717) is 0 Å². The van der Waals surface area contributed by atoms with Crippen LogP contribution >= 0.6 is 22.9 Å². The van der Waals surface area contributed by atoms with Crippen LogP contribution in [0.25, 0.3) is 0 Å². The second-order valence-electron chi connectivity index (χ2n) is 3.30. The van der Waals surface area contributed by atoms with Crippen LogP contribution in [-0.2, 0) is 5.41 Å². The van der Waals surface area contributed by atoms with Crippen molar-refractivity contribution < 1.29 is 4.79 Å². The standard InChI is InChI=1S/C6H10N2S.CH2ClNO/c1-6(2,3)5-8-7-4-9-5;2-1(3)4/h4H,1-3H3;(H2,3,4). The molecule has 1 aromatic heterocycles. The van der Waals surface area contributed by atoms with E-state index in [1.165, 1.54) is 0 Å². The molecule has 1 aromatic rings. The van der Waals surface area contributed by atoms with Gasteiger partial charge in [0.15, 0.2) is 0 Å². The predicted molar refractivity (Wildman–Crippen MR) is 54.0 cm³/mol. The molecule has 1 rings (SSSR count). The Morgan fingerprint density at radius 1 is 1.62 bits per heavy atom. The molecule has 13 heavy (non-hydrogen) atoms. The van der Waals surface area contributed by atoms with Crippen molar-refractivity contribution >= 4 is 28.3 Å². The Morgan fingerprint density at radius 3 is 2.23 bits per heavy atom. The first-order valence-corrected chi connectivity index (χ1v) is 4.81. The van der Waals surface area contributed by atoms with E-state index in [-0.39, 0.29) is 5.41 Å². The second kappa shape index (κ2) is 5.14. The zero-order chi connectivity index (χ0) is 10.5. The van der Waals surface area contributed by atoms with E-state index in [4.69, 9.17) is 4.79 Å². The van der Waals surface area contributed by atoms with Crippen molar-refractivity contribution in [3.8, 4) is 0 Å². The van der Waals surface area contributed by atoms with Crippen molar-refractivity contribution in [3.63, 3.8) is 0 Å². The maximum Gasteiger partial charge on any atom is 0.311 e. The van der Waals surface area contributed by atoms with Gasteiger partial charge in [0, 0.05) is 5.41 Å². The molecule has 0 aliphatic rings. The molecule has 6 heteroatoms. The molecule has 0 atom stereocenters. The van der Waals surface area contributed by atoms with Gasteiger partial charge >= 0.3 is 5.37 Å². The van der Waals surface area contributed by atoms with E-state index in [1.807, 2.05) is 0 Å². The molecular formula is C7H12ClN3OS. The number of carbonyl (C=O) groups is 1. The fourth-order valence-electron chi connectivity index (χ4n) is 0.500. The highest BCUT2D eigenvalue weighted by molar-refractivity contribution is 7.09. The lowest BCUT2D eigenvalue weighted by Crippen LogP contribution is -2.10. The Bertz CT molecular complexity index is 251. The van der Waals surface area contributed by atoms with E-state index >= 15 is 0 Å². The molecule has 74 valence electrons. The fourth-order valence-corrected chi connectivity index (χ4v) is 1.14. The largest absolute Gasteiger partial charge is 0.356 e. The number of primary amides is 1. The highest BCUT2D eigenvalue weighted by atomic mass is 35.5. The van der Waals surface area contributed by atoms with Crippen LogP contribution in [0.2, 0.25) is 0 Å². The van der Waals surface area contributed by atoms with Crippen molar-refractivity contribution in [1.29, 1.82) is 0 Å². The molecule has 1 heterocycles. The number of hydrogen-bond donors (Lipinski definition) is 1. The smallest absolute Gasteiger partial charge is 0.311 e. The lowest BCUT2D eigenvalue weighted by molar-refractivity contribution is 0.266. The molecule has 0 fully saturated rings. The van der Waals surface area contributed by atoms with Gasteiger partial charge in [0.05, 0.1) is 0 Å². The van der Waals surface area contributed by atoms with E-state index in [1.54, 1.807) is 16.8 Å². The molecule has 0 bridgehead atoms. The van der Waals surface area contributed by atoms with Crippen molar-refractivity contribution in [2.45, 2.75) is 26.2 Å². The summed E-state index contributed by atoms with van der Waals surface area (Å²) in [5.41, 5.74) is 6.17. The highest BCUT2D eigenvalue weighted by Gasteiger charge is 2.16. The second-order valence-corrected chi connectivity index (χ2v) is 4.50. The number of hydrogen-bond acceptors (Lipinski definition) is 4. The molecule has 2 N–H and O–H groups in total. The van der Waals surface area contributed by atoms with Crippen LogP contribution in [0.15, 0.2) is 5.51 Å². The Morgan fingerprint density at radius 2 is 2.08 bits per heavy atom. The zero-order valence-corrected chi connectivity index (χ0v) is 9.32. The molecule has 0 saturated carbocycles. The number of nitrogens with zero attached hydrogens (tertiary/aromatic N) is 2. The molecular weight excluding hydrogens is 210 g/mol. The van der Waals surface area contributed by atoms with Crippen molar-refractivity contribution in [2.24, 2.45) is 5.73 Å². The van der Waals surface area contributed by atoms with Crippen molar-refractivity contribution in [2.75, 3.05) is 0 Å². The first kappa shape index (κ1) is 12.3. The lowest BCUT2D eigenvalue weighted by Gasteiger charge is -2.11. The molecule has 0 radical (unpaired) electrons. The molecule has 0 aliphatic heterocycles. The summed E-state index contributed by atoms with van der Waals surface area (Å²) in [6.45, 7) is 6.40. The topological polar surface area (TPSA) is 68.9 Å². The normalized spacial score (nSPS) is 10.2. The summed E-state index contributed by atoms with van der Waals surface area (Å²) in [6.07, 6.45) is 0. The van der Waals surface area contributed by atoms with Gasteiger partial charge in [0.2, 0.25) is 0 Å². The highest BCUT2D eigenvalue weighted by Crippen LogP contribution is 2.22. The van der Waals surface area contributed by atoms with Gasteiger partial charge in [-0.05, 0) is 11.6 Å². The number of amides is 1. The summed E-state index contributed by atoms with van der Waals surface area (Å²) in [7, 11) is 0. The third kappa shape index (κ3) is 6.48. The molecule has 0 spiro atoms. The van der Waals surface area contributed by atoms with Gasteiger partial charge in [0.1, 0.15) is 10.5 Å². The maximum absolute atomic E-state index is 8.99. The van der Waals surface area contributed by atoms with Crippen molar-refractivity contribution in [1.82, 2.24) is 10.2 Å². The van der Waals surface area contributed by atoms with Gasteiger partial charge in [-0.15, -0.1) is 21.5 Å². The van der Waals surface area contributed by atoms with Gasteiger partial charge in [-0.2, -0.15) is 0 Å². The van der Waals surface area contributed by atoms with Gasteiger partial charge in [0.25, 0.3) is 0 Å². The summed E-state index contributed by atoms with van der Waals surface area (Å²) in [6, 6.07) is 0. The Kier molecular flexibility index (Phi) is 4.87. The van der Waals surface area contributed by atoms with Crippen LogP contribution < -0.4 is 5.73 Å². The summed E-state index contributed by atoms with van der Waals surface area (Å²) in [5.74, 6) is 0. The number of halogens is 1. The van der Waals surface area contributed by atoms with Crippen LogP contribution in [0.1, 0.15) is 25.8 Å². The third-order valence-electron chi connectivity index (χ3n) is 1.00. The van der Waals surface area contributed by atoms with Gasteiger partial charge in [-0.1, -0.05) is 20.8 Å². The molecule has 0 saturated heterocycles. The van der Waals surface area contributed by atoms with Crippen LogP contribution in [-0.4, -0.2) is 15.6 Å². The monoisotopic (exact) mass is 221 g/mol. The van der Waals surface area contributed by atoms with E-state index < -0.39 is 5.37 Å². The molecule has 4 nitrogen and oxygen atoms in total. The van der Waals surface area contributed by atoms with Gasteiger partial charge in [-0.3, -0.25) is 4.79 Å². The first-order chi connectivity index (χ1) is 5.84. The van der Waals surface area contributed by atoms with E-state index in [0.717, 1.165) is 5.01 Å². The Labute approximate surface area is 86.1 Å². The van der Waals surface area contributed by atoms with E-state index in [9.17, 15) is 0 Å². The number of rotatable bonds is 0. The van der Waals surface area contributed by atoms with Crippen LogP contribution in [0, 0.1) is 0 Å². The van der Waals surface area contributed by atoms with Gasteiger partial charge in [-0.25, -0.2) is 0 Å². The summed E-state index contributed by atoms with van der Waals surface area (Å²) in [4.78, 5) is 8.99. The van der Waals surface area contributed by atoms with E-state index in [2.05, 4.69) is 48.3 Å². The van der Waals surface area contributed by atoms with Crippen LogP contribution in [0.5, 0.6) is 0 Å². The maximum atomic E-state index is 8.99. The third-order valence-corrected chi connectivity index (χ3v) is 2.12. The number of carbonyl (C=O) groups excluding carboxylic acids is 1. The number of aromatic nitrogens is 2. The lowest BCUT2D eigenvalue weighted by atomic mass is 9.98. The minimum atomic E-state index is -0.861. The quantitative estimate of drug-likeness (QED) is 0.539. The fraction of sp³-hybridized carbons (Fsp3) is 0.571. The minimum absolute atomic E-state index is 0.168. The number of nitrogens with two attached hydrogens (primary N) is 1. The first-order valence-electron chi connectivity index (χ1n) is 3.55. The molecule has 1 amide bonds. The SMILES string of the molecule is CC(C)(C)c1nncs1.NC(=O)Cl. The predicted octanol–water partition coefficient (Wildman–Crippen LogP) is 2.14. The Hall–Kier alpha value is -0.680.